The molecule has 1 fully saturated rings. The summed E-state index contributed by atoms with van der Waals surface area (Å²) < 4.78 is 5.13. The monoisotopic (exact) mass is 383 g/mol. The second-order valence-corrected chi connectivity index (χ2v) is 7.63. The Labute approximate surface area is 166 Å². The van der Waals surface area contributed by atoms with Crippen LogP contribution in [0, 0.1) is 19.8 Å². The van der Waals surface area contributed by atoms with Gasteiger partial charge in [-0.3, -0.25) is 9.59 Å². The molecule has 150 valence electrons. The van der Waals surface area contributed by atoms with E-state index in [1.165, 1.54) is 11.1 Å². The van der Waals surface area contributed by atoms with Gasteiger partial charge >= 0.3 is 0 Å². The van der Waals surface area contributed by atoms with E-state index in [1.54, 1.807) is 14.0 Å². The van der Waals surface area contributed by atoms with E-state index in [0.29, 0.717) is 29.4 Å². The molecule has 1 aliphatic rings. The van der Waals surface area contributed by atoms with E-state index in [9.17, 15) is 9.59 Å². The van der Waals surface area contributed by atoms with Gasteiger partial charge in [0.2, 0.25) is 5.91 Å². The molecule has 0 radical (unpaired) electrons. The number of piperidine rings is 1. The minimum Gasteiger partial charge on any atom is -0.361 e. The van der Waals surface area contributed by atoms with Gasteiger partial charge in [0.1, 0.15) is 11.3 Å². The van der Waals surface area contributed by atoms with Gasteiger partial charge < -0.3 is 14.7 Å². The van der Waals surface area contributed by atoms with Gasteiger partial charge in [0.25, 0.3) is 5.91 Å². The van der Waals surface area contributed by atoms with Crippen molar-refractivity contribution in [3.05, 3.63) is 52.4 Å². The zero-order valence-electron chi connectivity index (χ0n) is 17.0. The maximum absolute atomic E-state index is 12.7. The molecular weight excluding hydrogens is 354 g/mol. The van der Waals surface area contributed by atoms with Crippen LogP contribution < -0.4 is 5.32 Å². The van der Waals surface area contributed by atoms with Gasteiger partial charge in [-0.15, -0.1) is 0 Å². The number of nitrogens with one attached hydrogen (secondary N) is 1. The molecule has 0 atom stereocenters. The van der Waals surface area contributed by atoms with Crippen molar-refractivity contribution in [3.8, 4) is 0 Å². The molecule has 1 saturated heterocycles. The number of rotatable bonds is 6. The van der Waals surface area contributed by atoms with Crippen molar-refractivity contribution in [2.75, 3.05) is 20.1 Å². The number of carbonyl (C=O) groups is 2. The van der Waals surface area contributed by atoms with Crippen molar-refractivity contribution in [1.82, 2.24) is 15.4 Å². The van der Waals surface area contributed by atoms with Crippen molar-refractivity contribution < 1.29 is 14.1 Å². The van der Waals surface area contributed by atoms with Crippen molar-refractivity contribution in [2.24, 2.45) is 5.92 Å². The van der Waals surface area contributed by atoms with Crippen LogP contribution in [0.2, 0.25) is 0 Å². The second-order valence-electron chi connectivity index (χ2n) is 7.63. The fraction of sp³-hybridized carbons (Fsp3) is 0.500. The minimum absolute atomic E-state index is 0.0372. The topological polar surface area (TPSA) is 75.4 Å². The summed E-state index contributed by atoms with van der Waals surface area (Å²) in [5, 5.41) is 6.54. The fourth-order valence-electron chi connectivity index (χ4n) is 3.84. The van der Waals surface area contributed by atoms with Gasteiger partial charge in [0.05, 0.1) is 5.69 Å². The maximum atomic E-state index is 12.7. The minimum atomic E-state index is 0.0372. The van der Waals surface area contributed by atoms with E-state index in [4.69, 9.17) is 4.52 Å². The third-order valence-electron chi connectivity index (χ3n) is 5.62. The normalized spacial score (nSPS) is 14.9. The number of likely N-dealkylation sites (tertiary alicyclic amines) is 1. The molecular formula is C22H29N3O3. The lowest BCUT2D eigenvalue weighted by atomic mass is 9.89. The number of aromatic nitrogens is 1. The maximum Gasteiger partial charge on any atom is 0.259 e. The molecule has 2 heterocycles. The molecule has 6 heteroatoms. The first-order chi connectivity index (χ1) is 13.5. The molecule has 2 aromatic rings. The Morgan fingerprint density at radius 2 is 1.79 bits per heavy atom. The standard InChI is InChI=1S/C22H29N3O3/c1-15-21(16(2)28-24-15)22(27)25-12-10-19(11-13-25)14-18-6-4-17(5-7-18)8-9-20(26)23-3/h4-7,19H,8-14H2,1-3H3,(H,23,26). The van der Waals surface area contributed by atoms with E-state index in [1.807, 2.05) is 11.8 Å². The van der Waals surface area contributed by atoms with Crippen LogP contribution in [0.25, 0.3) is 0 Å². The van der Waals surface area contributed by atoms with E-state index >= 15 is 0 Å². The quantitative estimate of drug-likeness (QED) is 0.832. The fourth-order valence-corrected chi connectivity index (χ4v) is 3.84. The highest BCUT2D eigenvalue weighted by atomic mass is 16.5. The molecule has 1 aromatic carbocycles. The summed E-state index contributed by atoms with van der Waals surface area (Å²) in [5.41, 5.74) is 3.79. The summed E-state index contributed by atoms with van der Waals surface area (Å²) >= 11 is 0. The number of hydrogen-bond acceptors (Lipinski definition) is 4. The molecule has 6 nitrogen and oxygen atoms in total. The first-order valence-corrected chi connectivity index (χ1v) is 9.98. The predicted octanol–water partition coefficient (Wildman–Crippen LogP) is 3.06. The first-order valence-electron chi connectivity index (χ1n) is 9.98. The van der Waals surface area contributed by atoms with Gasteiger partial charge in [0.15, 0.2) is 0 Å². The van der Waals surface area contributed by atoms with Crippen LogP contribution >= 0.6 is 0 Å². The Balaban J connectivity index is 1.49. The van der Waals surface area contributed by atoms with E-state index < -0.39 is 0 Å². The molecule has 0 unspecified atom stereocenters. The van der Waals surface area contributed by atoms with Crippen molar-refractivity contribution in [2.45, 2.75) is 46.0 Å². The molecule has 0 saturated carbocycles. The Hall–Kier alpha value is -2.63. The molecule has 2 amide bonds. The van der Waals surface area contributed by atoms with Gasteiger partial charge in [-0.1, -0.05) is 29.4 Å². The molecule has 0 aliphatic carbocycles. The summed E-state index contributed by atoms with van der Waals surface area (Å²) in [6, 6.07) is 8.57. The molecule has 1 aromatic heterocycles. The number of nitrogens with zero attached hydrogens (tertiary/aromatic N) is 2. The largest absolute Gasteiger partial charge is 0.361 e. The summed E-state index contributed by atoms with van der Waals surface area (Å²) in [6.45, 7) is 5.16. The summed E-state index contributed by atoms with van der Waals surface area (Å²) in [5.74, 6) is 1.30. The number of benzene rings is 1. The summed E-state index contributed by atoms with van der Waals surface area (Å²) in [7, 11) is 1.67. The van der Waals surface area contributed by atoms with Crippen LogP contribution in [0.5, 0.6) is 0 Å². The Bertz CT molecular complexity index is 799. The lowest BCUT2D eigenvalue weighted by Gasteiger charge is -2.32. The Morgan fingerprint density at radius 1 is 1.14 bits per heavy atom. The average Bonchev–Trinajstić information content (AvgIpc) is 3.05. The van der Waals surface area contributed by atoms with Crippen LogP contribution in [0.1, 0.15) is 52.2 Å². The number of aryl methyl sites for hydroxylation is 3. The van der Waals surface area contributed by atoms with Gasteiger partial charge in [-0.25, -0.2) is 0 Å². The molecule has 1 aliphatic heterocycles. The molecule has 3 rings (SSSR count). The number of hydrogen-bond donors (Lipinski definition) is 1. The van der Waals surface area contributed by atoms with Crippen LogP contribution in [-0.4, -0.2) is 42.0 Å². The van der Waals surface area contributed by atoms with Crippen molar-refractivity contribution in [1.29, 1.82) is 0 Å². The Kier molecular flexibility index (Phi) is 6.49. The van der Waals surface area contributed by atoms with Gasteiger partial charge in [0, 0.05) is 26.6 Å². The van der Waals surface area contributed by atoms with Crippen molar-refractivity contribution >= 4 is 11.8 Å². The highest BCUT2D eigenvalue weighted by Crippen LogP contribution is 2.24. The van der Waals surface area contributed by atoms with Crippen LogP contribution in [0.3, 0.4) is 0 Å². The zero-order valence-corrected chi connectivity index (χ0v) is 17.0. The third-order valence-corrected chi connectivity index (χ3v) is 5.62. The van der Waals surface area contributed by atoms with E-state index in [0.717, 1.165) is 38.8 Å². The highest BCUT2D eigenvalue weighted by Gasteiger charge is 2.27. The average molecular weight is 383 g/mol. The highest BCUT2D eigenvalue weighted by molar-refractivity contribution is 5.96. The zero-order chi connectivity index (χ0) is 20.1. The van der Waals surface area contributed by atoms with Gasteiger partial charge in [-0.05, 0) is 56.6 Å². The molecule has 0 bridgehead atoms. The van der Waals surface area contributed by atoms with Crippen LogP contribution in [0.15, 0.2) is 28.8 Å². The molecule has 1 N–H and O–H groups in total. The third kappa shape index (κ3) is 4.80. The SMILES string of the molecule is CNC(=O)CCc1ccc(CC2CCN(C(=O)c3c(C)noc3C)CC2)cc1. The number of amides is 2. The van der Waals surface area contributed by atoms with Crippen LogP contribution in [-0.2, 0) is 17.6 Å². The summed E-state index contributed by atoms with van der Waals surface area (Å²) in [4.78, 5) is 26.0. The summed E-state index contributed by atoms with van der Waals surface area (Å²) in [6.07, 6.45) is 4.33. The van der Waals surface area contributed by atoms with Crippen LogP contribution in [0.4, 0.5) is 0 Å². The van der Waals surface area contributed by atoms with E-state index in [-0.39, 0.29) is 11.8 Å². The van der Waals surface area contributed by atoms with Gasteiger partial charge in [-0.2, -0.15) is 0 Å². The molecule has 28 heavy (non-hydrogen) atoms. The first kappa shape index (κ1) is 20.1. The van der Waals surface area contributed by atoms with E-state index in [2.05, 4.69) is 34.7 Å². The second kappa shape index (κ2) is 9.04. The number of carbonyl (C=O) groups excluding carboxylic acids is 2. The lowest BCUT2D eigenvalue weighted by Crippen LogP contribution is -2.39. The molecule has 0 spiro atoms. The Morgan fingerprint density at radius 3 is 2.36 bits per heavy atom. The smallest absolute Gasteiger partial charge is 0.259 e. The predicted molar refractivity (Wildman–Crippen MR) is 107 cm³/mol. The van der Waals surface area contributed by atoms with Crippen molar-refractivity contribution in [3.63, 3.8) is 0 Å². The lowest BCUT2D eigenvalue weighted by molar-refractivity contribution is -0.120.